The lowest BCUT2D eigenvalue weighted by molar-refractivity contribution is 0.0485. The van der Waals surface area contributed by atoms with E-state index in [-0.39, 0.29) is 5.82 Å². The van der Waals surface area contributed by atoms with Crippen LogP contribution in [0.25, 0.3) is 5.78 Å². The second-order valence-electron chi connectivity index (χ2n) is 3.72. The van der Waals surface area contributed by atoms with Gasteiger partial charge in [0.1, 0.15) is 0 Å². The number of rotatable bonds is 4. The van der Waals surface area contributed by atoms with Crippen LogP contribution in [0.3, 0.4) is 0 Å². The largest absolute Gasteiger partial charge is 0.460 e. The predicted molar refractivity (Wildman–Crippen MR) is 60.7 cm³/mol. The molecule has 0 bridgehead atoms. The molecule has 0 saturated carbocycles. The van der Waals surface area contributed by atoms with Crippen molar-refractivity contribution in [2.45, 2.75) is 26.7 Å². The van der Waals surface area contributed by atoms with Crippen molar-refractivity contribution in [1.29, 1.82) is 0 Å². The molecule has 0 N–H and O–H groups in total. The molecule has 0 unspecified atom stereocenters. The molecule has 2 aromatic heterocycles. The van der Waals surface area contributed by atoms with Gasteiger partial charge in [0.2, 0.25) is 0 Å². The van der Waals surface area contributed by atoms with E-state index < -0.39 is 5.97 Å². The quantitative estimate of drug-likeness (QED) is 0.590. The van der Waals surface area contributed by atoms with Crippen molar-refractivity contribution in [3.8, 4) is 0 Å². The van der Waals surface area contributed by atoms with E-state index in [9.17, 15) is 4.79 Å². The maximum absolute atomic E-state index is 11.6. The maximum Gasteiger partial charge on any atom is 0.378 e. The highest BCUT2D eigenvalue weighted by Crippen LogP contribution is 2.03. The molecule has 0 fully saturated rings. The van der Waals surface area contributed by atoms with Gasteiger partial charge in [0, 0.05) is 11.9 Å². The lowest BCUT2D eigenvalue weighted by atomic mass is 10.4. The second-order valence-corrected chi connectivity index (χ2v) is 3.72. The van der Waals surface area contributed by atoms with Crippen molar-refractivity contribution < 1.29 is 9.53 Å². The third kappa shape index (κ3) is 2.41. The summed E-state index contributed by atoms with van der Waals surface area (Å²) in [5.41, 5.74) is 0.870. The zero-order valence-corrected chi connectivity index (χ0v) is 9.88. The van der Waals surface area contributed by atoms with Gasteiger partial charge in [-0.05, 0) is 19.4 Å². The number of carbonyl (C=O) groups is 1. The summed E-state index contributed by atoms with van der Waals surface area (Å²) in [7, 11) is 0. The van der Waals surface area contributed by atoms with E-state index in [2.05, 4.69) is 15.1 Å². The van der Waals surface area contributed by atoms with Crippen molar-refractivity contribution >= 4 is 11.7 Å². The summed E-state index contributed by atoms with van der Waals surface area (Å²) in [5, 5.41) is 4.06. The van der Waals surface area contributed by atoms with Gasteiger partial charge in [-0.15, -0.1) is 5.10 Å². The first-order chi connectivity index (χ1) is 8.22. The maximum atomic E-state index is 11.6. The Labute approximate surface area is 98.6 Å². The van der Waals surface area contributed by atoms with E-state index in [0.717, 1.165) is 18.5 Å². The molecule has 0 radical (unpaired) electrons. The summed E-state index contributed by atoms with van der Waals surface area (Å²) in [5.74, 6) is -0.0290. The van der Waals surface area contributed by atoms with Crippen LogP contribution in [-0.2, 0) is 4.74 Å². The first kappa shape index (κ1) is 11.5. The van der Waals surface area contributed by atoms with Crippen LogP contribution in [0, 0.1) is 6.92 Å². The molecule has 2 heterocycles. The average Bonchev–Trinajstić information content (AvgIpc) is 2.75. The molecular formula is C11H14N4O2. The molecule has 0 aromatic carbocycles. The first-order valence-corrected chi connectivity index (χ1v) is 5.58. The Morgan fingerprint density at radius 1 is 1.53 bits per heavy atom. The molecule has 0 aliphatic carbocycles. The summed E-state index contributed by atoms with van der Waals surface area (Å²) in [6, 6.07) is 1.80. The number of esters is 1. The topological polar surface area (TPSA) is 69.4 Å². The van der Waals surface area contributed by atoms with Gasteiger partial charge in [-0.2, -0.15) is 4.98 Å². The zero-order chi connectivity index (χ0) is 12.3. The number of carbonyl (C=O) groups excluding carboxylic acids is 1. The van der Waals surface area contributed by atoms with Gasteiger partial charge >= 0.3 is 5.97 Å². The minimum absolute atomic E-state index is 0.0582. The molecule has 6 nitrogen and oxygen atoms in total. The fourth-order valence-corrected chi connectivity index (χ4v) is 1.37. The summed E-state index contributed by atoms with van der Waals surface area (Å²) >= 11 is 0. The molecule has 17 heavy (non-hydrogen) atoms. The summed E-state index contributed by atoms with van der Waals surface area (Å²) in [4.78, 5) is 19.7. The van der Waals surface area contributed by atoms with E-state index in [1.54, 1.807) is 12.3 Å². The number of unbranched alkanes of at least 4 members (excludes halogenated alkanes) is 1. The molecule has 2 aromatic rings. The molecule has 6 heteroatoms. The van der Waals surface area contributed by atoms with E-state index in [4.69, 9.17) is 4.74 Å². The zero-order valence-electron chi connectivity index (χ0n) is 9.88. The highest BCUT2D eigenvalue weighted by Gasteiger charge is 2.15. The van der Waals surface area contributed by atoms with Crippen molar-refractivity contribution in [1.82, 2.24) is 19.6 Å². The minimum atomic E-state index is -0.497. The molecule has 0 spiro atoms. The molecular weight excluding hydrogens is 220 g/mol. The lowest BCUT2D eigenvalue weighted by Gasteiger charge is -1.98. The summed E-state index contributed by atoms with van der Waals surface area (Å²) in [6.07, 6.45) is 3.45. The second kappa shape index (κ2) is 4.90. The molecule has 0 aliphatic rings. The number of nitrogens with zero attached hydrogens (tertiary/aromatic N) is 4. The van der Waals surface area contributed by atoms with Crippen LogP contribution in [0.1, 0.15) is 36.1 Å². The monoisotopic (exact) mass is 234 g/mol. The van der Waals surface area contributed by atoms with Gasteiger partial charge in [-0.25, -0.2) is 14.3 Å². The smallest absolute Gasteiger partial charge is 0.378 e. The Morgan fingerprint density at radius 3 is 3.06 bits per heavy atom. The minimum Gasteiger partial charge on any atom is -0.460 e. The van der Waals surface area contributed by atoms with Crippen molar-refractivity contribution in [2.75, 3.05) is 6.61 Å². The number of hydrogen-bond acceptors (Lipinski definition) is 5. The van der Waals surface area contributed by atoms with Gasteiger partial charge < -0.3 is 4.74 Å². The third-order valence-corrected chi connectivity index (χ3v) is 2.34. The number of fused-ring (bicyclic) bond motifs is 1. The number of aromatic nitrogens is 4. The van der Waals surface area contributed by atoms with Crippen molar-refractivity contribution in [3.63, 3.8) is 0 Å². The van der Waals surface area contributed by atoms with E-state index in [1.807, 2.05) is 13.8 Å². The SMILES string of the molecule is CCCCOC(=O)c1nc2nccc(C)n2n1. The van der Waals surface area contributed by atoms with Crippen molar-refractivity contribution in [2.24, 2.45) is 0 Å². The molecule has 90 valence electrons. The van der Waals surface area contributed by atoms with Crippen LogP contribution in [0.2, 0.25) is 0 Å². The summed E-state index contributed by atoms with van der Waals surface area (Å²) < 4.78 is 6.56. The highest BCUT2D eigenvalue weighted by atomic mass is 16.5. The average molecular weight is 234 g/mol. The number of hydrogen-bond donors (Lipinski definition) is 0. The number of ether oxygens (including phenoxy) is 1. The first-order valence-electron chi connectivity index (χ1n) is 5.58. The fraction of sp³-hybridized carbons (Fsp3) is 0.455. The third-order valence-electron chi connectivity index (χ3n) is 2.34. The Kier molecular flexibility index (Phi) is 3.32. The van der Waals surface area contributed by atoms with Crippen LogP contribution in [0.5, 0.6) is 0 Å². The lowest BCUT2D eigenvalue weighted by Crippen LogP contribution is -2.08. The summed E-state index contributed by atoms with van der Waals surface area (Å²) in [6.45, 7) is 4.30. The van der Waals surface area contributed by atoms with Crippen LogP contribution in [0.4, 0.5) is 0 Å². The number of aryl methyl sites for hydroxylation is 1. The molecule has 0 amide bonds. The van der Waals surface area contributed by atoms with E-state index >= 15 is 0 Å². The van der Waals surface area contributed by atoms with Crippen LogP contribution >= 0.6 is 0 Å². The molecule has 2 rings (SSSR count). The van der Waals surface area contributed by atoms with Crippen molar-refractivity contribution in [3.05, 3.63) is 23.8 Å². The fourth-order valence-electron chi connectivity index (χ4n) is 1.37. The van der Waals surface area contributed by atoms with Gasteiger partial charge in [0.25, 0.3) is 11.6 Å². The standard InChI is InChI=1S/C11H14N4O2/c1-3-4-7-17-10(16)9-13-11-12-6-5-8(2)15(11)14-9/h5-6H,3-4,7H2,1-2H3. The normalized spacial score (nSPS) is 10.7. The van der Waals surface area contributed by atoms with Gasteiger partial charge in [-0.3, -0.25) is 0 Å². The van der Waals surface area contributed by atoms with E-state index in [1.165, 1.54) is 4.52 Å². The molecule has 0 atom stereocenters. The molecule has 0 aliphatic heterocycles. The van der Waals surface area contributed by atoms with Crippen LogP contribution in [0.15, 0.2) is 12.3 Å². The van der Waals surface area contributed by atoms with Crippen LogP contribution < -0.4 is 0 Å². The van der Waals surface area contributed by atoms with E-state index in [0.29, 0.717) is 12.4 Å². The Bertz CT molecular complexity index is 535. The Balaban J connectivity index is 2.19. The highest BCUT2D eigenvalue weighted by molar-refractivity contribution is 5.85. The van der Waals surface area contributed by atoms with Gasteiger partial charge in [-0.1, -0.05) is 13.3 Å². The van der Waals surface area contributed by atoms with Gasteiger partial charge in [0.05, 0.1) is 6.61 Å². The Morgan fingerprint density at radius 2 is 2.35 bits per heavy atom. The molecule has 0 saturated heterocycles. The van der Waals surface area contributed by atoms with Gasteiger partial charge in [0.15, 0.2) is 0 Å². The van der Waals surface area contributed by atoms with Crippen LogP contribution in [-0.4, -0.2) is 32.2 Å². The Hall–Kier alpha value is -1.98. The predicted octanol–water partition coefficient (Wildman–Crippen LogP) is 1.39.